The predicted octanol–water partition coefficient (Wildman–Crippen LogP) is 1.43. The molecule has 0 aliphatic heterocycles. The number of carbonyl (C=O) groups is 1. The van der Waals surface area contributed by atoms with Gasteiger partial charge in [-0.1, -0.05) is 23.9 Å². The molecule has 8 heteroatoms. The van der Waals surface area contributed by atoms with E-state index >= 15 is 0 Å². The molecule has 1 heterocycles. The maximum Gasteiger partial charge on any atom is 0.233 e. The highest BCUT2D eigenvalue weighted by atomic mass is 32.2. The normalized spacial score (nSPS) is 15.4. The number of ether oxygens (including phenoxy) is 1. The van der Waals surface area contributed by atoms with E-state index in [0.29, 0.717) is 16.9 Å². The molecule has 0 spiro atoms. The Labute approximate surface area is 132 Å². The number of hydrogen-bond acceptors (Lipinski definition) is 6. The van der Waals surface area contributed by atoms with Crippen molar-refractivity contribution in [3.05, 3.63) is 24.3 Å². The van der Waals surface area contributed by atoms with Gasteiger partial charge < -0.3 is 10.1 Å². The Morgan fingerprint density at radius 2 is 2.23 bits per heavy atom. The van der Waals surface area contributed by atoms with Crippen LogP contribution in [-0.4, -0.2) is 44.5 Å². The molecule has 3 rings (SSSR count). The summed E-state index contributed by atoms with van der Waals surface area (Å²) >= 11 is 1.33. The lowest BCUT2D eigenvalue weighted by Gasteiger charge is -2.12. The minimum atomic E-state index is -0.264. The number of carbonyl (C=O) groups excluding carboxylic acids is 1. The van der Waals surface area contributed by atoms with Crippen molar-refractivity contribution >= 4 is 17.7 Å². The second-order valence-corrected chi connectivity index (χ2v) is 6.40. The zero-order valence-corrected chi connectivity index (χ0v) is 13.2. The molecule has 1 atom stereocenters. The van der Waals surface area contributed by atoms with Gasteiger partial charge in [0.15, 0.2) is 0 Å². The van der Waals surface area contributed by atoms with Crippen LogP contribution < -0.4 is 10.1 Å². The standard InChI is InChI=1S/C14H17N5O2S/c1-9(13(20)15-10-7-8-10)22-14-16-17-18-19(14)11-5-3-4-6-12(11)21-2/h3-6,9-10H,7-8H2,1-2H3,(H,15,20). The summed E-state index contributed by atoms with van der Waals surface area (Å²) in [7, 11) is 1.60. The first-order valence-electron chi connectivity index (χ1n) is 7.08. The Kier molecular flexibility index (Phi) is 4.28. The second-order valence-electron chi connectivity index (χ2n) is 5.09. The van der Waals surface area contributed by atoms with Crippen LogP contribution in [0.15, 0.2) is 29.4 Å². The van der Waals surface area contributed by atoms with Crippen LogP contribution in [0.2, 0.25) is 0 Å². The third-order valence-corrected chi connectivity index (χ3v) is 4.36. The molecule has 0 radical (unpaired) electrons. The first-order valence-corrected chi connectivity index (χ1v) is 7.96. The Bertz CT molecular complexity index is 671. The molecule has 1 fully saturated rings. The Hall–Kier alpha value is -2.09. The van der Waals surface area contributed by atoms with Gasteiger partial charge in [0.05, 0.1) is 12.4 Å². The SMILES string of the molecule is COc1ccccc1-n1nnnc1SC(C)C(=O)NC1CC1. The van der Waals surface area contributed by atoms with Crippen molar-refractivity contribution in [3.8, 4) is 11.4 Å². The van der Waals surface area contributed by atoms with Crippen LogP contribution in [0.3, 0.4) is 0 Å². The van der Waals surface area contributed by atoms with Gasteiger partial charge >= 0.3 is 0 Å². The number of nitrogens with one attached hydrogen (secondary N) is 1. The van der Waals surface area contributed by atoms with Crippen LogP contribution in [0.5, 0.6) is 5.75 Å². The monoisotopic (exact) mass is 319 g/mol. The maximum atomic E-state index is 12.1. The first kappa shape index (κ1) is 14.8. The zero-order valence-electron chi connectivity index (χ0n) is 12.4. The van der Waals surface area contributed by atoms with E-state index in [0.717, 1.165) is 18.5 Å². The number of aromatic nitrogens is 4. The molecule has 0 saturated heterocycles. The second kappa shape index (κ2) is 6.35. The van der Waals surface area contributed by atoms with Crippen molar-refractivity contribution in [1.29, 1.82) is 0 Å². The fourth-order valence-corrected chi connectivity index (χ4v) is 2.78. The smallest absolute Gasteiger partial charge is 0.233 e. The molecule has 1 aromatic heterocycles. The molecule has 1 aliphatic rings. The van der Waals surface area contributed by atoms with Crippen molar-refractivity contribution in [1.82, 2.24) is 25.5 Å². The van der Waals surface area contributed by atoms with Crippen molar-refractivity contribution in [2.24, 2.45) is 0 Å². The summed E-state index contributed by atoms with van der Waals surface area (Å²) < 4.78 is 6.92. The molecule has 1 N–H and O–H groups in total. The molecule has 1 amide bonds. The van der Waals surface area contributed by atoms with Gasteiger partial charge in [0.1, 0.15) is 11.4 Å². The largest absolute Gasteiger partial charge is 0.494 e. The molecule has 1 aromatic carbocycles. The van der Waals surface area contributed by atoms with E-state index in [4.69, 9.17) is 4.74 Å². The van der Waals surface area contributed by atoms with E-state index in [-0.39, 0.29) is 11.2 Å². The topological polar surface area (TPSA) is 81.9 Å². The molecule has 1 aliphatic carbocycles. The van der Waals surface area contributed by atoms with Gasteiger partial charge in [0, 0.05) is 6.04 Å². The van der Waals surface area contributed by atoms with Crippen LogP contribution in [0.25, 0.3) is 5.69 Å². The third kappa shape index (κ3) is 3.22. The lowest BCUT2D eigenvalue weighted by atomic mass is 10.3. The van der Waals surface area contributed by atoms with Gasteiger partial charge in [0.2, 0.25) is 11.1 Å². The molecular weight excluding hydrogens is 302 g/mol. The fourth-order valence-electron chi connectivity index (χ4n) is 1.97. The van der Waals surface area contributed by atoms with E-state index < -0.39 is 0 Å². The van der Waals surface area contributed by atoms with E-state index in [9.17, 15) is 4.79 Å². The maximum absolute atomic E-state index is 12.1. The number of para-hydroxylation sites is 2. The highest BCUT2D eigenvalue weighted by molar-refractivity contribution is 8.00. The quantitative estimate of drug-likeness (QED) is 0.811. The minimum absolute atomic E-state index is 0.0158. The average Bonchev–Trinajstić information content (AvgIpc) is 3.23. The molecule has 1 unspecified atom stereocenters. The minimum Gasteiger partial charge on any atom is -0.494 e. The summed E-state index contributed by atoms with van der Waals surface area (Å²) in [5.41, 5.74) is 0.743. The zero-order chi connectivity index (χ0) is 15.5. The number of methoxy groups -OCH3 is 1. The summed E-state index contributed by atoms with van der Waals surface area (Å²) in [6.07, 6.45) is 2.14. The van der Waals surface area contributed by atoms with Crippen molar-refractivity contribution in [2.45, 2.75) is 36.2 Å². The predicted molar refractivity (Wildman–Crippen MR) is 82.2 cm³/mol. The number of hydrogen-bond donors (Lipinski definition) is 1. The summed E-state index contributed by atoms with van der Waals surface area (Å²) in [5.74, 6) is 0.689. The summed E-state index contributed by atoms with van der Waals surface area (Å²) in [6, 6.07) is 7.83. The van der Waals surface area contributed by atoms with Gasteiger partial charge in [-0.25, -0.2) is 0 Å². The number of rotatable bonds is 6. The number of tetrazole rings is 1. The molecule has 1 saturated carbocycles. The van der Waals surface area contributed by atoms with Gasteiger partial charge in [-0.05, 0) is 42.3 Å². The molecular formula is C14H17N5O2S. The number of benzene rings is 1. The van der Waals surface area contributed by atoms with E-state index in [1.54, 1.807) is 11.8 Å². The van der Waals surface area contributed by atoms with E-state index in [1.807, 2.05) is 31.2 Å². The summed E-state index contributed by atoms with van der Waals surface area (Å²) in [5, 5.41) is 15.0. The van der Waals surface area contributed by atoms with Crippen molar-refractivity contribution in [2.75, 3.05) is 7.11 Å². The molecule has 22 heavy (non-hydrogen) atoms. The lowest BCUT2D eigenvalue weighted by molar-refractivity contribution is -0.120. The van der Waals surface area contributed by atoms with Gasteiger partial charge in [-0.2, -0.15) is 4.68 Å². The number of nitrogens with zero attached hydrogens (tertiary/aromatic N) is 4. The molecule has 0 bridgehead atoms. The third-order valence-electron chi connectivity index (χ3n) is 3.33. The van der Waals surface area contributed by atoms with Crippen LogP contribution in [-0.2, 0) is 4.79 Å². The van der Waals surface area contributed by atoms with Gasteiger partial charge in [-0.3, -0.25) is 4.79 Å². The number of amides is 1. The highest BCUT2D eigenvalue weighted by Gasteiger charge is 2.27. The molecule has 2 aromatic rings. The number of thioether (sulfide) groups is 1. The average molecular weight is 319 g/mol. The Morgan fingerprint density at radius 1 is 1.45 bits per heavy atom. The van der Waals surface area contributed by atoms with E-state index in [2.05, 4.69) is 20.8 Å². The van der Waals surface area contributed by atoms with Crippen molar-refractivity contribution in [3.63, 3.8) is 0 Å². The Balaban J connectivity index is 1.78. The van der Waals surface area contributed by atoms with Gasteiger partial charge in [-0.15, -0.1) is 5.10 Å². The van der Waals surface area contributed by atoms with Crippen LogP contribution >= 0.6 is 11.8 Å². The van der Waals surface area contributed by atoms with Crippen LogP contribution in [0.4, 0.5) is 0 Å². The summed E-state index contributed by atoms with van der Waals surface area (Å²) in [6.45, 7) is 1.85. The molecule has 116 valence electrons. The van der Waals surface area contributed by atoms with Crippen LogP contribution in [0.1, 0.15) is 19.8 Å². The summed E-state index contributed by atoms with van der Waals surface area (Å²) in [4.78, 5) is 12.1. The van der Waals surface area contributed by atoms with Crippen molar-refractivity contribution < 1.29 is 9.53 Å². The Morgan fingerprint density at radius 3 is 2.95 bits per heavy atom. The van der Waals surface area contributed by atoms with E-state index in [1.165, 1.54) is 11.8 Å². The molecule has 7 nitrogen and oxygen atoms in total. The highest BCUT2D eigenvalue weighted by Crippen LogP contribution is 2.28. The first-order chi connectivity index (χ1) is 10.7. The van der Waals surface area contributed by atoms with Crippen LogP contribution in [0, 0.1) is 0 Å². The lowest BCUT2D eigenvalue weighted by Crippen LogP contribution is -2.32. The van der Waals surface area contributed by atoms with Gasteiger partial charge in [0.25, 0.3) is 0 Å². The fraction of sp³-hybridized carbons (Fsp3) is 0.429.